The number of hydrogen-bond donors (Lipinski definition) is 1. The summed E-state index contributed by atoms with van der Waals surface area (Å²) in [6.07, 6.45) is 3.17. The molecule has 0 spiro atoms. The van der Waals surface area contributed by atoms with Crippen molar-refractivity contribution < 1.29 is 4.79 Å². The van der Waals surface area contributed by atoms with Crippen molar-refractivity contribution in [1.29, 1.82) is 0 Å². The Hall–Kier alpha value is -2.17. The minimum Gasteiger partial charge on any atom is -0.364 e. The number of aromatic nitrogens is 3. The highest BCUT2D eigenvalue weighted by atomic mass is 16.1. The Kier molecular flexibility index (Phi) is 2.21. The smallest absolute Gasteiger partial charge is 0.267 e. The summed E-state index contributed by atoms with van der Waals surface area (Å²) in [5, 5.41) is 4.02. The largest absolute Gasteiger partial charge is 0.364 e. The zero-order valence-corrected chi connectivity index (χ0v) is 8.21. The van der Waals surface area contributed by atoms with Crippen LogP contribution in [0.1, 0.15) is 16.1 Å². The first-order valence-electron chi connectivity index (χ1n) is 4.46. The van der Waals surface area contributed by atoms with Gasteiger partial charge in [-0.3, -0.25) is 4.79 Å². The van der Waals surface area contributed by atoms with E-state index in [0.717, 1.165) is 5.56 Å². The lowest BCUT2D eigenvalue weighted by Crippen LogP contribution is -2.17. The second-order valence-corrected chi connectivity index (χ2v) is 3.14. The van der Waals surface area contributed by atoms with Gasteiger partial charge >= 0.3 is 0 Å². The molecule has 0 aliphatic carbocycles. The van der Waals surface area contributed by atoms with Crippen LogP contribution >= 0.6 is 0 Å². The average Bonchev–Trinajstić information content (AvgIpc) is 2.67. The molecule has 5 nitrogen and oxygen atoms in total. The Bertz CT molecular complexity index is 504. The Balaban J connectivity index is 2.59. The fourth-order valence-electron chi connectivity index (χ4n) is 1.36. The molecule has 2 heterocycles. The number of nitrogens with two attached hydrogens (primary N) is 1. The monoisotopic (exact) mass is 202 g/mol. The van der Waals surface area contributed by atoms with E-state index in [1.807, 2.05) is 19.1 Å². The van der Waals surface area contributed by atoms with E-state index >= 15 is 0 Å². The molecule has 1 amide bonds. The number of nitrogens with zero attached hydrogens (tertiary/aromatic N) is 3. The lowest BCUT2D eigenvalue weighted by atomic mass is 10.3. The number of carbonyl (C=O) groups excluding carboxylic acids is 1. The standard InChI is InChI=1S/C10H10N4O/c1-7-3-2-5-12-10(7)14-8(9(11)15)4-6-13-14/h2-6H,1H3,(H2,11,15). The van der Waals surface area contributed by atoms with Crippen molar-refractivity contribution >= 4 is 5.91 Å². The molecule has 0 fully saturated rings. The molecule has 0 unspecified atom stereocenters. The topological polar surface area (TPSA) is 73.8 Å². The van der Waals surface area contributed by atoms with Gasteiger partial charge in [0.2, 0.25) is 0 Å². The molecule has 2 N–H and O–H groups in total. The van der Waals surface area contributed by atoms with Crippen molar-refractivity contribution in [3.63, 3.8) is 0 Å². The lowest BCUT2D eigenvalue weighted by Gasteiger charge is -2.06. The first kappa shape index (κ1) is 9.39. The van der Waals surface area contributed by atoms with E-state index in [-0.39, 0.29) is 0 Å². The second kappa shape index (κ2) is 3.53. The van der Waals surface area contributed by atoms with E-state index < -0.39 is 5.91 Å². The highest BCUT2D eigenvalue weighted by Crippen LogP contribution is 2.11. The van der Waals surface area contributed by atoms with Gasteiger partial charge in [0.1, 0.15) is 5.69 Å². The maximum absolute atomic E-state index is 11.1. The van der Waals surface area contributed by atoms with Crippen LogP contribution < -0.4 is 5.73 Å². The number of amides is 1. The zero-order valence-electron chi connectivity index (χ0n) is 8.21. The minimum absolute atomic E-state index is 0.330. The molecule has 0 aliphatic heterocycles. The summed E-state index contributed by atoms with van der Waals surface area (Å²) >= 11 is 0. The van der Waals surface area contributed by atoms with E-state index in [4.69, 9.17) is 5.73 Å². The lowest BCUT2D eigenvalue weighted by molar-refractivity contribution is 0.0993. The minimum atomic E-state index is -0.516. The third-order valence-electron chi connectivity index (χ3n) is 2.08. The molecule has 2 aromatic heterocycles. The van der Waals surface area contributed by atoms with Gasteiger partial charge in [0.15, 0.2) is 5.82 Å². The molecule has 0 bridgehead atoms. The Morgan fingerprint density at radius 3 is 2.87 bits per heavy atom. The molecular formula is C10H10N4O. The summed E-state index contributed by atoms with van der Waals surface area (Å²) in [7, 11) is 0. The van der Waals surface area contributed by atoms with Crippen LogP contribution in [0.25, 0.3) is 5.82 Å². The van der Waals surface area contributed by atoms with Gasteiger partial charge in [-0.05, 0) is 24.6 Å². The molecule has 0 saturated heterocycles. The number of rotatable bonds is 2. The van der Waals surface area contributed by atoms with Gasteiger partial charge in [-0.1, -0.05) is 6.07 Å². The van der Waals surface area contributed by atoms with Gasteiger partial charge in [0.05, 0.1) is 6.20 Å². The summed E-state index contributed by atoms with van der Waals surface area (Å²) < 4.78 is 1.44. The zero-order chi connectivity index (χ0) is 10.8. The van der Waals surface area contributed by atoms with Crippen LogP contribution in [0.15, 0.2) is 30.6 Å². The third-order valence-corrected chi connectivity index (χ3v) is 2.08. The van der Waals surface area contributed by atoms with Crippen molar-refractivity contribution in [1.82, 2.24) is 14.8 Å². The van der Waals surface area contributed by atoms with E-state index in [9.17, 15) is 4.79 Å². The van der Waals surface area contributed by atoms with Crippen molar-refractivity contribution in [3.05, 3.63) is 41.9 Å². The Morgan fingerprint density at radius 2 is 2.20 bits per heavy atom. The van der Waals surface area contributed by atoms with Crippen LogP contribution in [-0.4, -0.2) is 20.7 Å². The van der Waals surface area contributed by atoms with E-state index in [2.05, 4.69) is 10.1 Å². The van der Waals surface area contributed by atoms with Crippen LogP contribution in [0.2, 0.25) is 0 Å². The molecule has 0 saturated carbocycles. The first-order valence-corrected chi connectivity index (χ1v) is 4.46. The van der Waals surface area contributed by atoms with Gasteiger partial charge in [-0.25, -0.2) is 9.67 Å². The van der Waals surface area contributed by atoms with Crippen LogP contribution in [0.3, 0.4) is 0 Å². The quantitative estimate of drug-likeness (QED) is 0.778. The van der Waals surface area contributed by atoms with E-state index in [1.165, 1.54) is 10.9 Å². The van der Waals surface area contributed by atoms with Crippen molar-refractivity contribution in [3.8, 4) is 5.82 Å². The predicted octanol–water partition coefficient (Wildman–Crippen LogP) is 0.675. The second-order valence-electron chi connectivity index (χ2n) is 3.14. The third kappa shape index (κ3) is 1.59. The SMILES string of the molecule is Cc1cccnc1-n1nccc1C(N)=O. The average molecular weight is 202 g/mol. The molecule has 2 aromatic rings. The van der Waals surface area contributed by atoms with Gasteiger partial charge in [0.25, 0.3) is 5.91 Å². The molecule has 76 valence electrons. The van der Waals surface area contributed by atoms with Crippen molar-refractivity contribution in [2.45, 2.75) is 6.92 Å². The molecule has 0 aromatic carbocycles. The van der Waals surface area contributed by atoms with Gasteiger partial charge in [-0.2, -0.15) is 5.10 Å². The van der Waals surface area contributed by atoms with Crippen molar-refractivity contribution in [2.24, 2.45) is 5.73 Å². The van der Waals surface area contributed by atoms with Crippen LogP contribution in [-0.2, 0) is 0 Å². The highest BCUT2D eigenvalue weighted by Gasteiger charge is 2.11. The normalized spacial score (nSPS) is 10.2. The van der Waals surface area contributed by atoms with Gasteiger partial charge < -0.3 is 5.73 Å². The summed E-state index contributed by atoms with van der Waals surface area (Å²) in [4.78, 5) is 15.3. The number of aryl methyl sites for hydroxylation is 1. The summed E-state index contributed by atoms with van der Waals surface area (Å²) in [5.41, 5.74) is 6.48. The van der Waals surface area contributed by atoms with Gasteiger partial charge in [-0.15, -0.1) is 0 Å². The van der Waals surface area contributed by atoms with Crippen LogP contribution in [0, 0.1) is 6.92 Å². The van der Waals surface area contributed by atoms with E-state index in [1.54, 1.807) is 12.3 Å². The first-order chi connectivity index (χ1) is 7.20. The number of hydrogen-bond acceptors (Lipinski definition) is 3. The Morgan fingerprint density at radius 1 is 1.40 bits per heavy atom. The highest BCUT2D eigenvalue weighted by molar-refractivity contribution is 5.91. The molecule has 15 heavy (non-hydrogen) atoms. The molecule has 5 heteroatoms. The predicted molar refractivity (Wildman–Crippen MR) is 54.6 cm³/mol. The maximum atomic E-state index is 11.1. The molecule has 2 rings (SSSR count). The molecule has 0 atom stereocenters. The molecule has 0 radical (unpaired) electrons. The Labute approximate surface area is 86.5 Å². The number of primary amides is 1. The molecule has 0 aliphatic rings. The molecular weight excluding hydrogens is 192 g/mol. The van der Waals surface area contributed by atoms with Gasteiger partial charge in [0, 0.05) is 6.20 Å². The summed E-state index contributed by atoms with van der Waals surface area (Å²) in [5.74, 6) is 0.105. The van der Waals surface area contributed by atoms with Crippen LogP contribution in [0.5, 0.6) is 0 Å². The fraction of sp³-hybridized carbons (Fsp3) is 0.100. The number of pyridine rings is 1. The maximum Gasteiger partial charge on any atom is 0.267 e. The van der Waals surface area contributed by atoms with E-state index in [0.29, 0.717) is 11.5 Å². The van der Waals surface area contributed by atoms with Crippen LogP contribution in [0.4, 0.5) is 0 Å². The summed E-state index contributed by atoms with van der Waals surface area (Å²) in [6, 6.07) is 5.29. The number of carbonyl (C=O) groups is 1. The summed E-state index contributed by atoms with van der Waals surface area (Å²) in [6.45, 7) is 1.90. The van der Waals surface area contributed by atoms with Crippen molar-refractivity contribution in [2.75, 3.05) is 0 Å². The fourth-order valence-corrected chi connectivity index (χ4v) is 1.36.